The highest BCUT2D eigenvalue weighted by Crippen LogP contribution is 2.17. The van der Waals surface area contributed by atoms with Crippen LogP contribution >= 0.6 is 0 Å². The Bertz CT molecular complexity index is 655. The van der Waals surface area contributed by atoms with Crippen molar-refractivity contribution >= 4 is 17.3 Å². The molecule has 128 valence electrons. The van der Waals surface area contributed by atoms with Crippen LogP contribution in [0.25, 0.3) is 0 Å². The molecule has 5 heteroatoms. The van der Waals surface area contributed by atoms with E-state index in [1.54, 1.807) is 24.4 Å². The number of hydrogen-bond acceptors (Lipinski definition) is 4. The lowest BCUT2D eigenvalue weighted by molar-refractivity contribution is 0.102. The highest BCUT2D eigenvalue weighted by atomic mass is 16.1. The molecule has 1 heterocycles. The van der Waals surface area contributed by atoms with E-state index >= 15 is 0 Å². The van der Waals surface area contributed by atoms with E-state index in [9.17, 15) is 4.79 Å². The van der Waals surface area contributed by atoms with Crippen LogP contribution in [0.4, 0.5) is 11.4 Å². The van der Waals surface area contributed by atoms with Gasteiger partial charge in [-0.3, -0.25) is 14.7 Å². The predicted molar refractivity (Wildman–Crippen MR) is 98.9 cm³/mol. The fourth-order valence-electron chi connectivity index (χ4n) is 2.44. The van der Waals surface area contributed by atoms with Gasteiger partial charge in [-0.15, -0.1) is 0 Å². The van der Waals surface area contributed by atoms with E-state index in [-0.39, 0.29) is 5.91 Å². The lowest BCUT2D eigenvalue weighted by Gasteiger charge is -2.19. The van der Waals surface area contributed by atoms with Crippen molar-refractivity contribution in [3.8, 4) is 0 Å². The number of aromatic nitrogens is 1. The predicted octanol–water partition coefficient (Wildman–Crippen LogP) is 3.54. The Kier molecular flexibility index (Phi) is 6.75. The number of para-hydroxylation sites is 2. The topological polar surface area (TPSA) is 71.2 Å². The standard InChI is InChI=1S/C19H26N4O/c1-3-5-12-23(4-2)14-15-10-11-18(21-13-15)19(24)22-17-9-7-6-8-16(17)20/h6-11,13H,3-5,12,14,20H2,1-2H3,(H,22,24). The minimum absolute atomic E-state index is 0.252. The minimum atomic E-state index is -0.252. The van der Waals surface area contributed by atoms with Crippen molar-refractivity contribution in [3.63, 3.8) is 0 Å². The Morgan fingerprint density at radius 1 is 1.21 bits per heavy atom. The molecule has 3 N–H and O–H groups in total. The average Bonchev–Trinajstić information content (AvgIpc) is 2.61. The number of pyridine rings is 1. The van der Waals surface area contributed by atoms with E-state index in [0.717, 1.165) is 25.2 Å². The third-order valence-electron chi connectivity index (χ3n) is 3.95. The molecule has 24 heavy (non-hydrogen) atoms. The Hall–Kier alpha value is -2.40. The Morgan fingerprint density at radius 3 is 2.62 bits per heavy atom. The Labute approximate surface area is 143 Å². The van der Waals surface area contributed by atoms with Gasteiger partial charge in [-0.05, 0) is 43.3 Å². The van der Waals surface area contributed by atoms with E-state index in [1.807, 2.05) is 18.2 Å². The number of nitrogens with two attached hydrogens (primary N) is 1. The zero-order valence-corrected chi connectivity index (χ0v) is 14.5. The molecule has 2 rings (SSSR count). The quantitative estimate of drug-likeness (QED) is 0.728. The van der Waals surface area contributed by atoms with Crippen molar-refractivity contribution in [2.75, 3.05) is 24.1 Å². The summed E-state index contributed by atoms with van der Waals surface area (Å²) < 4.78 is 0. The molecule has 0 unspecified atom stereocenters. The summed E-state index contributed by atoms with van der Waals surface area (Å²) in [5.74, 6) is -0.252. The van der Waals surface area contributed by atoms with Crippen LogP contribution in [-0.4, -0.2) is 28.9 Å². The van der Waals surface area contributed by atoms with Crippen LogP contribution < -0.4 is 11.1 Å². The lowest BCUT2D eigenvalue weighted by Crippen LogP contribution is -2.24. The molecule has 0 fully saturated rings. The number of nitrogen functional groups attached to an aromatic ring is 1. The average molecular weight is 326 g/mol. The molecule has 0 saturated carbocycles. The fourth-order valence-corrected chi connectivity index (χ4v) is 2.44. The summed E-state index contributed by atoms with van der Waals surface area (Å²) in [4.78, 5) is 18.9. The highest BCUT2D eigenvalue weighted by molar-refractivity contribution is 6.04. The van der Waals surface area contributed by atoms with Gasteiger partial charge in [-0.25, -0.2) is 0 Å². The first-order valence-electron chi connectivity index (χ1n) is 8.47. The third-order valence-corrected chi connectivity index (χ3v) is 3.95. The highest BCUT2D eigenvalue weighted by Gasteiger charge is 2.10. The number of rotatable bonds is 8. The number of hydrogen-bond donors (Lipinski definition) is 2. The van der Waals surface area contributed by atoms with Crippen molar-refractivity contribution in [2.45, 2.75) is 33.2 Å². The molecule has 1 aromatic carbocycles. The van der Waals surface area contributed by atoms with Gasteiger partial charge in [0.15, 0.2) is 0 Å². The molecule has 0 atom stereocenters. The Morgan fingerprint density at radius 2 is 2.00 bits per heavy atom. The third kappa shape index (κ3) is 5.06. The summed E-state index contributed by atoms with van der Waals surface area (Å²) in [6, 6.07) is 10.9. The van der Waals surface area contributed by atoms with Crippen LogP contribution in [0.15, 0.2) is 42.6 Å². The van der Waals surface area contributed by atoms with Crippen molar-refractivity contribution in [3.05, 3.63) is 53.9 Å². The number of benzene rings is 1. The van der Waals surface area contributed by atoms with Gasteiger partial charge < -0.3 is 11.1 Å². The van der Waals surface area contributed by atoms with Gasteiger partial charge in [0.1, 0.15) is 5.69 Å². The van der Waals surface area contributed by atoms with Crippen LogP contribution in [0.1, 0.15) is 42.7 Å². The summed E-state index contributed by atoms with van der Waals surface area (Å²) in [5.41, 5.74) is 8.48. The molecule has 0 spiro atoms. The lowest BCUT2D eigenvalue weighted by atomic mass is 10.2. The fraction of sp³-hybridized carbons (Fsp3) is 0.368. The summed E-state index contributed by atoms with van der Waals surface area (Å²) in [6.45, 7) is 7.31. The van der Waals surface area contributed by atoms with Crippen molar-refractivity contribution in [2.24, 2.45) is 0 Å². The first-order chi connectivity index (χ1) is 11.6. The summed E-state index contributed by atoms with van der Waals surface area (Å²) in [5, 5.41) is 2.79. The van der Waals surface area contributed by atoms with Crippen LogP contribution in [-0.2, 0) is 6.54 Å². The van der Waals surface area contributed by atoms with Crippen LogP contribution in [0.2, 0.25) is 0 Å². The van der Waals surface area contributed by atoms with Gasteiger partial charge in [0.2, 0.25) is 0 Å². The normalized spacial score (nSPS) is 10.8. The second-order valence-electron chi connectivity index (χ2n) is 5.82. The number of carbonyl (C=O) groups excluding carboxylic acids is 1. The zero-order chi connectivity index (χ0) is 17.4. The smallest absolute Gasteiger partial charge is 0.274 e. The van der Waals surface area contributed by atoms with E-state index < -0.39 is 0 Å². The maximum Gasteiger partial charge on any atom is 0.274 e. The van der Waals surface area contributed by atoms with E-state index in [1.165, 1.54) is 12.8 Å². The van der Waals surface area contributed by atoms with Crippen molar-refractivity contribution in [1.29, 1.82) is 0 Å². The molecule has 0 radical (unpaired) electrons. The van der Waals surface area contributed by atoms with Gasteiger partial charge in [-0.1, -0.05) is 38.5 Å². The molecule has 1 aromatic heterocycles. The van der Waals surface area contributed by atoms with E-state index in [2.05, 4.69) is 29.0 Å². The molecule has 0 aliphatic carbocycles. The molecule has 5 nitrogen and oxygen atoms in total. The molecular weight excluding hydrogens is 300 g/mol. The number of nitrogens with zero attached hydrogens (tertiary/aromatic N) is 2. The number of anilines is 2. The maximum atomic E-state index is 12.3. The molecule has 2 aromatic rings. The summed E-state index contributed by atoms with van der Waals surface area (Å²) in [7, 11) is 0. The SMILES string of the molecule is CCCCN(CC)Cc1ccc(C(=O)Nc2ccccc2N)nc1. The maximum absolute atomic E-state index is 12.3. The zero-order valence-electron chi connectivity index (χ0n) is 14.5. The summed E-state index contributed by atoms with van der Waals surface area (Å²) >= 11 is 0. The first kappa shape index (κ1) is 17.9. The second kappa shape index (κ2) is 9.03. The molecule has 0 saturated heterocycles. The van der Waals surface area contributed by atoms with E-state index in [0.29, 0.717) is 17.1 Å². The number of carbonyl (C=O) groups is 1. The minimum Gasteiger partial charge on any atom is -0.397 e. The van der Waals surface area contributed by atoms with Gasteiger partial charge in [0.05, 0.1) is 11.4 Å². The largest absolute Gasteiger partial charge is 0.397 e. The first-order valence-corrected chi connectivity index (χ1v) is 8.47. The van der Waals surface area contributed by atoms with Crippen molar-refractivity contribution < 1.29 is 4.79 Å². The number of nitrogens with one attached hydrogen (secondary N) is 1. The monoisotopic (exact) mass is 326 g/mol. The van der Waals surface area contributed by atoms with Gasteiger partial charge in [0.25, 0.3) is 5.91 Å². The molecular formula is C19H26N4O. The van der Waals surface area contributed by atoms with Crippen molar-refractivity contribution in [1.82, 2.24) is 9.88 Å². The Balaban J connectivity index is 1.98. The number of unbranched alkanes of at least 4 members (excludes halogenated alkanes) is 1. The summed E-state index contributed by atoms with van der Waals surface area (Å²) in [6.07, 6.45) is 4.16. The van der Waals surface area contributed by atoms with E-state index in [4.69, 9.17) is 5.73 Å². The van der Waals surface area contributed by atoms with Gasteiger partial charge in [-0.2, -0.15) is 0 Å². The van der Waals surface area contributed by atoms with Gasteiger partial charge >= 0.3 is 0 Å². The van der Waals surface area contributed by atoms with Crippen LogP contribution in [0.5, 0.6) is 0 Å². The molecule has 0 aliphatic heterocycles. The molecule has 1 amide bonds. The molecule has 0 aliphatic rings. The van der Waals surface area contributed by atoms with Crippen LogP contribution in [0, 0.1) is 0 Å². The van der Waals surface area contributed by atoms with Gasteiger partial charge in [0, 0.05) is 12.7 Å². The number of amides is 1. The molecule has 0 bridgehead atoms. The second-order valence-corrected chi connectivity index (χ2v) is 5.82. The van der Waals surface area contributed by atoms with Crippen LogP contribution in [0.3, 0.4) is 0 Å².